The highest BCUT2D eigenvalue weighted by Gasteiger charge is 2.30. The summed E-state index contributed by atoms with van der Waals surface area (Å²) in [4.78, 5) is 10.1. The summed E-state index contributed by atoms with van der Waals surface area (Å²) in [6.45, 7) is 0.611. The number of rotatable bonds is 3. The lowest BCUT2D eigenvalue weighted by molar-refractivity contribution is -0.384. The van der Waals surface area contributed by atoms with Crippen LogP contribution in [0.5, 0.6) is 5.75 Å². The van der Waals surface area contributed by atoms with E-state index in [0.29, 0.717) is 24.5 Å². The number of nitro benzene ring substituents is 1. The van der Waals surface area contributed by atoms with Crippen LogP contribution in [0.15, 0.2) is 47.4 Å². The Hall–Kier alpha value is -2.32. The summed E-state index contributed by atoms with van der Waals surface area (Å²) < 4.78 is 32.8. The van der Waals surface area contributed by atoms with Crippen LogP contribution in [0, 0.1) is 10.1 Å². The molecule has 126 valence electrons. The second-order valence-electron chi connectivity index (χ2n) is 5.12. The molecule has 0 saturated carbocycles. The van der Waals surface area contributed by atoms with E-state index in [2.05, 4.69) is 0 Å². The molecule has 0 aromatic heterocycles. The van der Waals surface area contributed by atoms with Gasteiger partial charge in [0, 0.05) is 19.0 Å². The van der Waals surface area contributed by atoms with Crippen LogP contribution in [0.25, 0.3) is 0 Å². The maximum absolute atomic E-state index is 13.0. The molecular weight excluding hydrogens is 356 g/mol. The van der Waals surface area contributed by atoms with Gasteiger partial charge in [0.05, 0.1) is 22.1 Å². The Labute approximate surface area is 143 Å². The Bertz CT molecular complexity index is 900. The second-order valence-corrected chi connectivity index (χ2v) is 7.39. The standard InChI is InChI=1S/C15H13ClN2O5S/c16-12-7-6-11(10-14(12)18(19)20)24(21,22)17-8-3-9-23-15-5-2-1-4-13(15)17/h1-2,4-7,10H,3,8-9H2. The van der Waals surface area contributed by atoms with Crippen molar-refractivity contribution < 1.29 is 18.1 Å². The lowest BCUT2D eigenvalue weighted by Crippen LogP contribution is -2.31. The van der Waals surface area contributed by atoms with Crippen molar-refractivity contribution in [1.29, 1.82) is 0 Å². The molecule has 0 radical (unpaired) electrons. The second kappa shape index (κ2) is 6.29. The Morgan fingerprint density at radius 1 is 1.21 bits per heavy atom. The number of ether oxygens (including phenoxy) is 1. The van der Waals surface area contributed by atoms with Crippen LogP contribution >= 0.6 is 11.6 Å². The van der Waals surface area contributed by atoms with Gasteiger partial charge in [-0.05, 0) is 24.3 Å². The first-order chi connectivity index (χ1) is 11.4. The summed E-state index contributed by atoms with van der Waals surface area (Å²) >= 11 is 5.76. The van der Waals surface area contributed by atoms with E-state index in [0.717, 1.165) is 6.07 Å². The Balaban J connectivity index is 2.11. The van der Waals surface area contributed by atoms with Crippen molar-refractivity contribution in [2.24, 2.45) is 0 Å². The molecule has 3 rings (SSSR count). The number of benzene rings is 2. The van der Waals surface area contributed by atoms with Gasteiger partial charge in [-0.25, -0.2) is 8.42 Å². The van der Waals surface area contributed by atoms with Crippen molar-refractivity contribution in [1.82, 2.24) is 0 Å². The summed E-state index contributed by atoms with van der Waals surface area (Å²) in [5, 5.41) is 10.9. The van der Waals surface area contributed by atoms with Crippen molar-refractivity contribution >= 4 is 33.0 Å². The lowest BCUT2D eigenvalue weighted by Gasteiger charge is -2.23. The van der Waals surface area contributed by atoms with E-state index in [9.17, 15) is 18.5 Å². The van der Waals surface area contributed by atoms with Gasteiger partial charge in [0.1, 0.15) is 10.8 Å². The van der Waals surface area contributed by atoms with Crippen LogP contribution in [0.1, 0.15) is 6.42 Å². The van der Waals surface area contributed by atoms with E-state index in [1.54, 1.807) is 24.3 Å². The third-order valence-corrected chi connectivity index (χ3v) is 5.73. The van der Waals surface area contributed by atoms with Crippen LogP contribution in [-0.4, -0.2) is 26.5 Å². The molecule has 0 amide bonds. The number of nitrogens with zero attached hydrogens (tertiary/aromatic N) is 2. The highest BCUT2D eigenvalue weighted by Crippen LogP contribution is 2.36. The normalized spacial score (nSPS) is 14.5. The molecule has 1 aliphatic heterocycles. The van der Waals surface area contributed by atoms with Gasteiger partial charge >= 0.3 is 0 Å². The molecule has 0 bridgehead atoms. The first-order valence-corrected chi connectivity index (χ1v) is 8.91. The Kier molecular flexibility index (Phi) is 4.33. The lowest BCUT2D eigenvalue weighted by atomic mass is 10.3. The van der Waals surface area contributed by atoms with E-state index in [1.165, 1.54) is 16.4 Å². The molecule has 2 aromatic rings. The smallest absolute Gasteiger partial charge is 0.289 e. The number of anilines is 1. The number of hydrogen-bond donors (Lipinski definition) is 0. The molecule has 0 aliphatic carbocycles. The summed E-state index contributed by atoms with van der Waals surface area (Å²) in [5.41, 5.74) is -0.0373. The fourth-order valence-corrected chi connectivity index (χ4v) is 4.19. The zero-order valence-electron chi connectivity index (χ0n) is 12.4. The van der Waals surface area contributed by atoms with Crippen molar-refractivity contribution in [2.75, 3.05) is 17.5 Å². The number of fused-ring (bicyclic) bond motifs is 1. The molecule has 0 unspecified atom stereocenters. The topological polar surface area (TPSA) is 89.8 Å². The van der Waals surface area contributed by atoms with Crippen LogP contribution in [0.4, 0.5) is 11.4 Å². The molecule has 0 fully saturated rings. The maximum atomic E-state index is 13.0. The minimum Gasteiger partial charge on any atom is -0.491 e. The third-order valence-electron chi connectivity index (χ3n) is 3.60. The van der Waals surface area contributed by atoms with Gasteiger partial charge in [0.25, 0.3) is 15.7 Å². The molecule has 9 heteroatoms. The largest absolute Gasteiger partial charge is 0.491 e. The molecule has 0 atom stereocenters. The average molecular weight is 369 g/mol. The number of para-hydroxylation sites is 2. The Morgan fingerprint density at radius 3 is 2.71 bits per heavy atom. The quantitative estimate of drug-likeness (QED) is 0.612. The maximum Gasteiger partial charge on any atom is 0.289 e. The molecule has 0 saturated heterocycles. The molecule has 1 heterocycles. The van der Waals surface area contributed by atoms with Crippen molar-refractivity contribution in [3.63, 3.8) is 0 Å². The van der Waals surface area contributed by atoms with E-state index < -0.39 is 20.6 Å². The monoisotopic (exact) mass is 368 g/mol. The highest BCUT2D eigenvalue weighted by atomic mass is 35.5. The van der Waals surface area contributed by atoms with E-state index >= 15 is 0 Å². The third kappa shape index (κ3) is 2.90. The SMILES string of the molecule is O=[N+]([O-])c1cc(S(=O)(=O)N2CCCOc3ccccc32)ccc1Cl. The summed E-state index contributed by atoms with van der Waals surface area (Å²) in [6, 6.07) is 10.2. The average Bonchev–Trinajstić information content (AvgIpc) is 2.77. The van der Waals surface area contributed by atoms with Gasteiger partial charge < -0.3 is 4.74 Å². The molecular formula is C15H13ClN2O5S. The van der Waals surface area contributed by atoms with Crippen LogP contribution in [0.2, 0.25) is 5.02 Å². The summed E-state index contributed by atoms with van der Waals surface area (Å²) in [7, 11) is -3.98. The molecule has 0 N–H and O–H groups in total. The minimum absolute atomic E-state index is 0.112. The molecule has 7 nitrogen and oxygen atoms in total. The van der Waals surface area contributed by atoms with E-state index in [-0.39, 0.29) is 16.5 Å². The van der Waals surface area contributed by atoms with Crippen LogP contribution < -0.4 is 9.04 Å². The van der Waals surface area contributed by atoms with Gasteiger partial charge in [-0.1, -0.05) is 23.7 Å². The van der Waals surface area contributed by atoms with Gasteiger partial charge in [-0.3, -0.25) is 14.4 Å². The zero-order valence-corrected chi connectivity index (χ0v) is 14.0. The number of hydrogen-bond acceptors (Lipinski definition) is 5. The first-order valence-electron chi connectivity index (χ1n) is 7.10. The van der Waals surface area contributed by atoms with Gasteiger partial charge in [-0.15, -0.1) is 0 Å². The van der Waals surface area contributed by atoms with Gasteiger partial charge in [0.15, 0.2) is 0 Å². The van der Waals surface area contributed by atoms with E-state index in [1.807, 2.05) is 0 Å². The molecule has 0 spiro atoms. The van der Waals surface area contributed by atoms with Gasteiger partial charge in [0.2, 0.25) is 0 Å². The predicted octanol–water partition coefficient (Wildman–Crippen LogP) is 3.23. The number of sulfonamides is 1. The fraction of sp³-hybridized carbons (Fsp3) is 0.200. The van der Waals surface area contributed by atoms with Crippen LogP contribution in [-0.2, 0) is 10.0 Å². The van der Waals surface area contributed by atoms with Crippen molar-refractivity contribution in [2.45, 2.75) is 11.3 Å². The zero-order chi connectivity index (χ0) is 17.3. The fourth-order valence-electron chi connectivity index (χ4n) is 2.47. The van der Waals surface area contributed by atoms with E-state index in [4.69, 9.17) is 16.3 Å². The molecule has 24 heavy (non-hydrogen) atoms. The Morgan fingerprint density at radius 2 is 1.96 bits per heavy atom. The van der Waals surface area contributed by atoms with Crippen LogP contribution in [0.3, 0.4) is 0 Å². The molecule has 2 aromatic carbocycles. The summed E-state index contributed by atoms with van der Waals surface area (Å²) in [5.74, 6) is 0.460. The van der Waals surface area contributed by atoms with Crippen molar-refractivity contribution in [3.05, 3.63) is 57.6 Å². The molecule has 1 aliphatic rings. The van der Waals surface area contributed by atoms with Gasteiger partial charge in [-0.2, -0.15) is 0 Å². The minimum atomic E-state index is -3.98. The number of nitro groups is 1. The summed E-state index contributed by atoms with van der Waals surface area (Å²) in [6.07, 6.45) is 0.504. The predicted molar refractivity (Wildman–Crippen MR) is 89.2 cm³/mol. The highest BCUT2D eigenvalue weighted by molar-refractivity contribution is 7.92. The first kappa shape index (κ1) is 16.5. The van der Waals surface area contributed by atoms with Crippen molar-refractivity contribution in [3.8, 4) is 5.75 Å². The number of halogens is 1.